The van der Waals surface area contributed by atoms with E-state index in [0.717, 1.165) is 12.1 Å². The van der Waals surface area contributed by atoms with Crippen LogP contribution in [0, 0.1) is 5.92 Å². The van der Waals surface area contributed by atoms with Gasteiger partial charge in [0.15, 0.2) is 5.78 Å². The van der Waals surface area contributed by atoms with Crippen molar-refractivity contribution in [1.29, 1.82) is 0 Å². The summed E-state index contributed by atoms with van der Waals surface area (Å²) < 4.78 is 38.3. The van der Waals surface area contributed by atoms with Crippen LogP contribution in [0.25, 0.3) is 0 Å². The highest BCUT2D eigenvalue weighted by Crippen LogP contribution is 2.34. The number of alkyl halides is 3. The summed E-state index contributed by atoms with van der Waals surface area (Å²) in [6, 6.07) is 5.20. The van der Waals surface area contributed by atoms with E-state index >= 15 is 0 Å². The molecule has 0 radical (unpaired) electrons. The van der Waals surface area contributed by atoms with Gasteiger partial charge in [0.05, 0.1) is 16.8 Å². The van der Waals surface area contributed by atoms with Crippen LogP contribution in [0.4, 0.5) is 13.2 Å². The van der Waals surface area contributed by atoms with Crippen molar-refractivity contribution in [3.8, 4) is 0 Å². The number of ketones is 1. The van der Waals surface area contributed by atoms with Gasteiger partial charge in [-0.05, 0) is 49.6 Å². The lowest BCUT2D eigenvalue weighted by molar-refractivity contribution is -0.137. The molecule has 28 heavy (non-hydrogen) atoms. The molecule has 1 aliphatic rings. The van der Waals surface area contributed by atoms with E-state index in [1.54, 1.807) is 13.0 Å². The summed E-state index contributed by atoms with van der Waals surface area (Å²) in [7, 11) is 0. The molecule has 0 bridgehead atoms. The Labute approximate surface area is 166 Å². The lowest BCUT2D eigenvalue weighted by Crippen LogP contribution is -2.25. The molecule has 1 atom stereocenters. The zero-order valence-corrected chi connectivity index (χ0v) is 16.7. The molecule has 0 aliphatic heterocycles. The van der Waals surface area contributed by atoms with Crippen molar-refractivity contribution in [2.24, 2.45) is 11.1 Å². The number of Topliss-reactive ketones (excluding diaryl/α,β-unsaturated/α-hetero) is 1. The van der Waals surface area contributed by atoms with Crippen LogP contribution in [0.3, 0.4) is 0 Å². The Hall–Kier alpha value is -1.96. The van der Waals surface area contributed by atoms with Gasteiger partial charge >= 0.3 is 6.18 Å². The number of rotatable bonds is 8. The van der Waals surface area contributed by atoms with Crippen LogP contribution < -0.4 is 0 Å². The second-order valence-corrected chi connectivity index (χ2v) is 7.66. The summed E-state index contributed by atoms with van der Waals surface area (Å²) in [5.74, 6) is 0.374. The van der Waals surface area contributed by atoms with E-state index < -0.39 is 11.7 Å². The number of allylic oxidation sites excluding steroid dienone is 2. The van der Waals surface area contributed by atoms with Crippen molar-refractivity contribution in [3.05, 3.63) is 41.2 Å². The number of aliphatic hydroxyl groups is 1. The monoisotopic (exact) mass is 415 g/mol. The smallest absolute Gasteiger partial charge is 0.416 e. The molecule has 1 aromatic carbocycles. The predicted molar refractivity (Wildman–Crippen MR) is 104 cm³/mol. The van der Waals surface area contributed by atoms with Gasteiger partial charge in [-0.2, -0.15) is 13.2 Å². The molecule has 1 aliphatic carbocycles. The number of halogens is 3. The molecule has 0 fully saturated rings. The predicted octanol–water partition coefficient (Wildman–Crippen LogP) is 5.78. The van der Waals surface area contributed by atoms with Gasteiger partial charge in [0.2, 0.25) is 0 Å². The lowest BCUT2D eigenvalue weighted by atomic mass is 9.83. The second kappa shape index (κ2) is 10.0. The van der Waals surface area contributed by atoms with E-state index in [2.05, 4.69) is 5.16 Å². The quantitative estimate of drug-likeness (QED) is 0.332. The first kappa shape index (κ1) is 22.3. The molecule has 0 amide bonds. The normalized spacial score (nSPS) is 18.5. The number of thioether (sulfide) groups is 1. The fourth-order valence-corrected chi connectivity index (χ4v) is 4.11. The third-order valence-electron chi connectivity index (χ3n) is 4.41. The van der Waals surface area contributed by atoms with Crippen molar-refractivity contribution >= 4 is 23.3 Å². The first-order chi connectivity index (χ1) is 13.3. The summed E-state index contributed by atoms with van der Waals surface area (Å²) in [5, 5.41) is 14.3. The number of oxime groups is 1. The number of carbonyl (C=O) groups is 1. The fraction of sp³-hybridized carbons (Fsp3) is 0.500. The standard InChI is InChI=1S/C20H24F3NO3S/c1-3-16(24-27-4-2)19-17(25)10-13(11-18(19)26)8-9-28-15-7-5-6-14(12-15)20(21,22)23/h5-7,12-13,25H,3-4,8-11H2,1-2H3. The molecular weight excluding hydrogens is 391 g/mol. The number of nitrogens with zero attached hydrogens (tertiary/aromatic N) is 1. The van der Waals surface area contributed by atoms with Gasteiger partial charge in [0.25, 0.3) is 0 Å². The molecule has 154 valence electrons. The Morgan fingerprint density at radius 2 is 2.07 bits per heavy atom. The van der Waals surface area contributed by atoms with E-state index in [4.69, 9.17) is 4.84 Å². The zero-order valence-electron chi connectivity index (χ0n) is 15.9. The number of aliphatic hydroxyl groups excluding tert-OH is 1. The topological polar surface area (TPSA) is 58.9 Å². The van der Waals surface area contributed by atoms with Crippen molar-refractivity contribution in [2.75, 3.05) is 12.4 Å². The average Bonchev–Trinajstić information content (AvgIpc) is 2.63. The largest absolute Gasteiger partial charge is 0.511 e. The summed E-state index contributed by atoms with van der Waals surface area (Å²) in [4.78, 5) is 18.0. The molecule has 8 heteroatoms. The van der Waals surface area contributed by atoms with Crippen LogP contribution in [0.1, 0.15) is 45.1 Å². The van der Waals surface area contributed by atoms with Gasteiger partial charge in [-0.1, -0.05) is 18.1 Å². The van der Waals surface area contributed by atoms with Gasteiger partial charge in [-0.15, -0.1) is 11.8 Å². The summed E-state index contributed by atoms with van der Waals surface area (Å²) in [6.45, 7) is 4.00. The maximum absolute atomic E-state index is 12.8. The minimum atomic E-state index is -4.36. The maximum atomic E-state index is 12.8. The minimum absolute atomic E-state index is 0.0191. The van der Waals surface area contributed by atoms with E-state index in [-0.39, 0.29) is 29.5 Å². The van der Waals surface area contributed by atoms with Crippen molar-refractivity contribution in [3.63, 3.8) is 0 Å². The first-order valence-electron chi connectivity index (χ1n) is 9.20. The number of hydrogen-bond acceptors (Lipinski definition) is 5. The van der Waals surface area contributed by atoms with Crippen LogP contribution in [-0.4, -0.2) is 29.0 Å². The third-order valence-corrected chi connectivity index (χ3v) is 5.43. The van der Waals surface area contributed by atoms with Crippen molar-refractivity contribution < 1.29 is 27.9 Å². The molecule has 0 saturated carbocycles. The summed E-state index contributed by atoms with van der Waals surface area (Å²) >= 11 is 1.32. The molecule has 0 heterocycles. The van der Waals surface area contributed by atoms with Gasteiger partial charge < -0.3 is 9.94 Å². The summed E-state index contributed by atoms with van der Waals surface area (Å²) in [5.41, 5.74) is 0.0233. The molecule has 4 nitrogen and oxygen atoms in total. The Morgan fingerprint density at radius 1 is 1.32 bits per heavy atom. The first-order valence-corrected chi connectivity index (χ1v) is 10.2. The maximum Gasteiger partial charge on any atom is 0.416 e. The Balaban J connectivity index is 1.96. The number of hydrogen-bond donors (Lipinski definition) is 1. The highest BCUT2D eigenvalue weighted by atomic mass is 32.2. The molecule has 1 unspecified atom stereocenters. The second-order valence-electron chi connectivity index (χ2n) is 6.49. The third kappa shape index (κ3) is 6.02. The Kier molecular flexibility index (Phi) is 7.98. The highest BCUT2D eigenvalue weighted by molar-refractivity contribution is 7.99. The van der Waals surface area contributed by atoms with Crippen molar-refractivity contribution in [1.82, 2.24) is 0 Å². The van der Waals surface area contributed by atoms with E-state index in [1.165, 1.54) is 17.8 Å². The van der Waals surface area contributed by atoms with Crippen LogP contribution in [0.15, 0.2) is 45.6 Å². The number of carbonyl (C=O) groups excluding carboxylic acids is 1. The van der Waals surface area contributed by atoms with E-state index in [9.17, 15) is 23.1 Å². The average molecular weight is 415 g/mol. The molecule has 0 spiro atoms. The molecule has 2 rings (SSSR count). The van der Waals surface area contributed by atoms with Gasteiger partial charge in [-0.25, -0.2) is 0 Å². The molecule has 1 N–H and O–H groups in total. The molecular formula is C20H24F3NO3S. The molecule has 1 aromatic rings. The highest BCUT2D eigenvalue weighted by Gasteiger charge is 2.31. The van der Waals surface area contributed by atoms with Gasteiger partial charge in [0.1, 0.15) is 12.4 Å². The van der Waals surface area contributed by atoms with Crippen LogP contribution in [0.2, 0.25) is 0 Å². The van der Waals surface area contributed by atoms with E-state index in [1.807, 2.05) is 6.92 Å². The van der Waals surface area contributed by atoms with Crippen molar-refractivity contribution in [2.45, 2.75) is 50.6 Å². The Morgan fingerprint density at radius 3 is 2.68 bits per heavy atom. The lowest BCUT2D eigenvalue weighted by Gasteiger charge is -2.23. The van der Waals surface area contributed by atoms with Crippen LogP contribution >= 0.6 is 11.8 Å². The van der Waals surface area contributed by atoms with Crippen LogP contribution in [-0.2, 0) is 15.8 Å². The zero-order chi connectivity index (χ0) is 20.7. The van der Waals surface area contributed by atoms with E-state index in [0.29, 0.717) is 42.2 Å². The summed E-state index contributed by atoms with van der Waals surface area (Å²) in [6.07, 6.45) is -2.63. The van der Waals surface area contributed by atoms with Gasteiger partial charge in [0, 0.05) is 17.7 Å². The Bertz CT molecular complexity index is 759. The minimum Gasteiger partial charge on any atom is -0.511 e. The SMILES string of the molecule is CCON=C(CC)C1=C(O)CC(CCSc2cccc(C(F)(F)F)c2)CC1=O. The molecule has 0 aromatic heterocycles. The fourth-order valence-electron chi connectivity index (χ4n) is 3.04. The number of benzene rings is 1. The van der Waals surface area contributed by atoms with Crippen LogP contribution in [0.5, 0.6) is 0 Å². The van der Waals surface area contributed by atoms with Gasteiger partial charge in [-0.3, -0.25) is 4.79 Å². The molecule has 0 saturated heterocycles.